The maximum atomic E-state index is 11.6. The second kappa shape index (κ2) is 5.16. The minimum absolute atomic E-state index is 0.207. The smallest absolute Gasteiger partial charge is 0.409 e. The molecule has 0 saturated heterocycles. The van der Waals surface area contributed by atoms with Crippen molar-refractivity contribution in [2.45, 2.75) is 20.0 Å². The van der Waals surface area contributed by atoms with Crippen molar-refractivity contribution in [1.82, 2.24) is 0 Å². The van der Waals surface area contributed by atoms with Gasteiger partial charge in [-0.3, -0.25) is 5.32 Å². The Morgan fingerprint density at radius 2 is 1.94 bits per heavy atom. The van der Waals surface area contributed by atoms with E-state index in [1.165, 1.54) is 12.1 Å². The van der Waals surface area contributed by atoms with E-state index < -0.39 is 12.1 Å². The van der Waals surface area contributed by atoms with E-state index in [1.807, 2.05) is 0 Å². The first kappa shape index (κ1) is 12.0. The minimum Gasteiger partial charge on any atom is -0.465 e. The summed E-state index contributed by atoms with van der Waals surface area (Å²) in [5.41, 5.74) is 0.430. The monoisotopic (exact) mass is 223 g/mol. The first-order valence-corrected chi connectivity index (χ1v) is 4.80. The molecule has 2 N–H and O–H groups in total. The Morgan fingerprint density at radius 1 is 1.31 bits per heavy atom. The van der Waals surface area contributed by atoms with E-state index in [-0.39, 0.29) is 17.4 Å². The highest BCUT2D eigenvalue weighted by Crippen LogP contribution is 2.16. The zero-order chi connectivity index (χ0) is 12.1. The summed E-state index contributed by atoms with van der Waals surface area (Å²) in [5.74, 6) is -0.542. The molecule has 1 rings (SSSR count). The van der Waals surface area contributed by atoms with Crippen LogP contribution >= 0.6 is 0 Å². The normalized spacial score (nSPS) is 9.94. The number of hydrogen-bond donors (Lipinski definition) is 2. The van der Waals surface area contributed by atoms with Gasteiger partial charge in [0.25, 0.3) is 0 Å². The number of esters is 1. The molecule has 0 unspecified atom stereocenters. The first-order valence-electron chi connectivity index (χ1n) is 4.80. The van der Waals surface area contributed by atoms with E-state index in [1.54, 1.807) is 26.0 Å². The van der Waals surface area contributed by atoms with Crippen LogP contribution in [0.1, 0.15) is 24.2 Å². The lowest BCUT2D eigenvalue weighted by molar-refractivity contribution is 0.0379. The van der Waals surface area contributed by atoms with E-state index in [9.17, 15) is 9.59 Å². The second-order valence-corrected chi connectivity index (χ2v) is 3.43. The highest BCUT2D eigenvalue weighted by Gasteiger charge is 2.14. The van der Waals surface area contributed by atoms with Crippen molar-refractivity contribution >= 4 is 17.7 Å². The fourth-order valence-corrected chi connectivity index (χ4v) is 1.16. The number of benzene rings is 1. The largest absolute Gasteiger partial charge is 0.465 e. The number of carboxylic acid groups (broad SMARTS) is 1. The van der Waals surface area contributed by atoms with Crippen molar-refractivity contribution in [2.24, 2.45) is 0 Å². The molecule has 0 spiro atoms. The number of nitrogens with one attached hydrogen (secondary N) is 1. The van der Waals surface area contributed by atoms with Crippen molar-refractivity contribution in [3.05, 3.63) is 29.8 Å². The molecule has 5 nitrogen and oxygen atoms in total. The van der Waals surface area contributed by atoms with Crippen molar-refractivity contribution < 1.29 is 19.4 Å². The van der Waals surface area contributed by atoms with Crippen molar-refractivity contribution in [2.75, 3.05) is 5.32 Å². The summed E-state index contributed by atoms with van der Waals surface area (Å²) >= 11 is 0. The number of rotatable bonds is 3. The molecule has 0 radical (unpaired) electrons. The van der Waals surface area contributed by atoms with Crippen LogP contribution < -0.4 is 5.32 Å². The summed E-state index contributed by atoms with van der Waals surface area (Å²) in [4.78, 5) is 22.1. The van der Waals surface area contributed by atoms with Crippen LogP contribution in [-0.4, -0.2) is 23.3 Å². The number of anilines is 1. The number of carbonyl (C=O) groups is 2. The average molecular weight is 223 g/mol. The van der Waals surface area contributed by atoms with Gasteiger partial charge >= 0.3 is 12.1 Å². The molecule has 0 heterocycles. The molecular weight excluding hydrogens is 210 g/mol. The fraction of sp³-hybridized carbons (Fsp3) is 0.273. The fourth-order valence-electron chi connectivity index (χ4n) is 1.16. The Kier molecular flexibility index (Phi) is 3.88. The number of para-hydroxylation sites is 1. The lowest BCUT2D eigenvalue weighted by atomic mass is 10.2. The molecule has 0 fully saturated rings. The zero-order valence-corrected chi connectivity index (χ0v) is 9.06. The summed E-state index contributed by atoms with van der Waals surface area (Å²) in [6, 6.07) is 6.29. The first-order chi connectivity index (χ1) is 7.50. The van der Waals surface area contributed by atoms with E-state index in [4.69, 9.17) is 9.84 Å². The lowest BCUT2D eigenvalue weighted by Crippen LogP contribution is -2.16. The van der Waals surface area contributed by atoms with Crippen LogP contribution in [0.3, 0.4) is 0 Å². The maximum Gasteiger partial charge on any atom is 0.409 e. The third-order valence-electron chi connectivity index (χ3n) is 1.73. The van der Waals surface area contributed by atoms with Crippen LogP contribution in [0.2, 0.25) is 0 Å². The van der Waals surface area contributed by atoms with Crippen LogP contribution in [-0.2, 0) is 4.74 Å². The van der Waals surface area contributed by atoms with Gasteiger partial charge in [-0.05, 0) is 26.0 Å². The number of ether oxygens (including phenoxy) is 1. The van der Waals surface area contributed by atoms with Crippen molar-refractivity contribution in [3.8, 4) is 0 Å². The molecule has 0 aliphatic carbocycles. The molecule has 0 aliphatic rings. The molecule has 1 amide bonds. The third kappa shape index (κ3) is 3.27. The van der Waals surface area contributed by atoms with Gasteiger partial charge in [0, 0.05) is 0 Å². The Labute approximate surface area is 93.0 Å². The number of hydrogen-bond acceptors (Lipinski definition) is 3. The second-order valence-electron chi connectivity index (χ2n) is 3.43. The van der Waals surface area contributed by atoms with Crippen molar-refractivity contribution in [1.29, 1.82) is 0 Å². The average Bonchev–Trinajstić information content (AvgIpc) is 2.16. The van der Waals surface area contributed by atoms with E-state index in [0.29, 0.717) is 0 Å². The van der Waals surface area contributed by atoms with Gasteiger partial charge in [-0.1, -0.05) is 12.1 Å². The Hall–Kier alpha value is -2.04. The molecule has 0 aliphatic heterocycles. The Morgan fingerprint density at radius 3 is 2.50 bits per heavy atom. The SMILES string of the molecule is CC(C)OC(=O)c1ccccc1NC(=O)O. The highest BCUT2D eigenvalue weighted by atomic mass is 16.5. The molecule has 0 aromatic heterocycles. The molecule has 16 heavy (non-hydrogen) atoms. The lowest BCUT2D eigenvalue weighted by Gasteiger charge is -2.11. The van der Waals surface area contributed by atoms with Crippen LogP contribution in [0.4, 0.5) is 10.5 Å². The summed E-state index contributed by atoms with van der Waals surface area (Å²) in [6.45, 7) is 3.45. The number of amides is 1. The summed E-state index contributed by atoms with van der Waals surface area (Å²) in [6.07, 6.45) is -1.46. The van der Waals surface area contributed by atoms with Crippen LogP contribution in [0.25, 0.3) is 0 Å². The van der Waals surface area contributed by atoms with Gasteiger partial charge in [0.1, 0.15) is 0 Å². The summed E-state index contributed by atoms with van der Waals surface area (Å²) < 4.78 is 4.99. The topological polar surface area (TPSA) is 75.6 Å². The molecule has 0 saturated carbocycles. The quantitative estimate of drug-likeness (QED) is 0.771. The van der Waals surface area contributed by atoms with Crippen LogP contribution in [0, 0.1) is 0 Å². The molecule has 86 valence electrons. The molecule has 0 bridgehead atoms. The molecular formula is C11H13NO4. The van der Waals surface area contributed by atoms with Crippen LogP contribution in [0.15, 0.2) is 24.3 Å². The maximum absolute atomic E-state index is 11.6. The van der Waals surface area contributed by atoms with Gasteiger partial charge in [0.2, 0.25) is 0 Å². The molecule has 5 heteroatoms. The Bertz CT molecular complexity index is 401. The summed E-state index contributed by atoms with van der Waals surface area (Å²) in [5, 5.41) is 10.7. The van der Waals surface area contributed by atoms with Gasteiger partial charge in [-0.15, -0.1) is 0 Å². The minimum atomic E-state index is -1.22. The van der Waals surface area contributed by atoms with Gasteiger partial charge in [-0.25, -0.2) is 9.59 Å². The van der Waals surface area contributed by atoms with E-state index in [0.717, 1.165) is 0 Å². The predicted octanol–water partition coefficient (Wildman–Crippen LogP) is 2.34. The van der Waals surface area contributed by atoms with E-state index in [2.05, 4.69) is 5.32 Å². The highest BCUT2D eigenvalue weighted by molar-refractivity contribution is 5.99. The van der Waals surface area contributed by atoms with Crippen LogP contribution in [0.5, 0.6) is 0 Å². The molecule has 1 aromatic carbocycles. The van der Waals surface area contributed by atoms with Gasteiger partial charge in [0.15, 0.2) is 0 Å². The predicted molar refractivity (Wildman–Crippen MR) is 58.6 cm³/mol. The zero-order valence-electron chi connectivity index (χ0n) is 9.06. The summed E-state index contributed by atoms with van der Waals surface area (Å²) in [7, 11) is 0. The third-order valence-corrected chi connectivity index (χ3v) is 1.73. The van der Waals surface area contributed by atoms with Gasteiger partial charge in [-0.2, -0.15) is 0 Å². The van der Waals surface area contributed by atoms with Gasteiger partial charge in [0.05, 0.1) is 17.4 Å². The van der Waals surface area contributed by atoms with Crippen molar-refractivity contribution in [3.63, 3.8) is 0 Å². The van der Waals surface area contributed by atoms with Gasteiger partial charge < -0.3 is 9.84 Å². The Balaban J connectivity index is 2.94. The molecule has 1 aromatic rings. The standard InChI is InChI=1S/C11H13NO4/c1-7(2)16-10(13)8-5-3-4-6-9(8)12-11(14)15/h3-7,12H,1-2H3,(H,14,15). The molecule has 0 atom stereocenters. The van der Waals surface area contributed by atoms with E-state index >= 15 is 0 Å². The number of carbonyl (C=O) groups excluding carboxylic acids is 1.